The molecule has 0 aliphatic carbocycles. The molecular formula is C20H14Cl2N4O. The van der Waals surface area contributed by atoms with E-state index in [-0.39, 0.29) is 11.5 Å². The van der Waals surface area contributed by atoms with Gasteiger partial charge in [0.05, 0.1) is 27.4 Å². The zero-order valence-electron chi connectivity index (χ0n) is 14.3. The van der Waals surface area contributed by atoms with E-state index in [0.717, 1.165) is 5.69 Å². The Hall–Kier alpha value is -2.89. The van der Waals surface area contributed by atoms with Gasteiger partial charge < -0.3 is 5.32 Å². The molecule has 0 fully saturated rings. The normalized spacial score (nSPS) is 10.9. The molecule has 4 rings (SSSR count). The van der Waals surface area contributed by atoms with E-state index in [1.54, 1.807) is 28.9 Å². The number of amides is 1. The number of hydrogen-bond acceptors (Lipinski definition) is 3. The van der Waals surface area contributed by atoms with Crippen LogP contribution in [0.15, 0.2) is 60.8 Å². The number of nitrogens with zero attached hydrogens (tertiary/aromatic N) is 3. The van der Waals surface area contributed by atoms with Crippen molar-refractivity contribution in [3.05, 3.63) is 82.1 Å². The molecule has 4 aromatic rings. The van der Waals surface area contributed by atoms with E-state index in [9.17, 15) is 4.79 Å². The van der Waals surface area contributed by atoms with Crippen LogP contribution >= 0.6 is 23.2 Å². The number of carbonyl (C=O) groups excluding carboxylic acids is 1. The van der Waals surface area contributed by atoms with Crippen LogP contribution in [0, 0.1) is 6.92 Å². The number of benzene rings is 2. The highest BCUT2D eigenvalue weighted by atomic mass is 35.5. The van der Waals surface area contributed by atoms with Crippen molar-refractivity contribution in [1.29, 1.82) is 0 Å². The second-order valence-electron chi connectivity index (χ2n) is 5.98. The van der Waals surface area contributed by atoms with Crippen LogP contribution in [-0.2, 0) is 0 Å². The number of pyridine rings is 1. The average Bonchev–Trinajstić information content (AvgIpc) is 3.00. The first kappa shape index (κ1) is 17.5. The maximum atomic E-state index is 12.7. The molecule has 134 valence electrons. The molecule has 0 radical (unpaired) electrons. The Bertz CT molecular complexity index is 1160. The number of rotatable bonds is 3. The second kappa shape index (κ2) is 7.02. The van der Waals surface area contributed by atoms with Crippen molar-refractivity contribution < 1.29 is 4.79 Å². The predicted octanol–water partition coefficient (Wildman–Crippen LogP) is 5.29. The molecule has 2 heterocycles. The molecule has 1 N–H and O–H groups in total. The minimum Gasteiger partial charge on any atom is -0.322 e. The molecule has 0 aliphatic heterocycles. The summed E-state index contributed by atoms with van der Waals surface area (Å²) in [5.41, 5.74) is 3.03. The van der Waals surface area contributed by atoms with Gasteiger partial charge in [0.15, 0.2) is 5.65 Å². The van der Waals surface area contributed by atoms with E-state index in [0.29, 0.717) is 32.5 Å². The third kappa shape index (κ3) is 3.27. The van der Waals surface area contributed by atoms with Gasteiger partial charge in [0.25, 0.3) is 5.91 Å². The summed E-state index contributed by atoms with van der Waals surface area (Å²) >= 11 is 12.5. The van der Waals surface area contributed by atoms with Gasteiger partial charge >= 0.3 is 0 Å². The van der Waals surface area contributed by atoms with Crippen LogP contribution in [0.3, 0.4) is 0 Å². The summed E-state index contributed by atoms with van der Waals surface area (Å²) < 4.78 is 1.72. The van der Waals surface area contributed by atoms with Crippen molar-refractivity contribution in [2.45, 2.75) is 6.92 Å². The summed E-state index contributed by atoms with van der Waals surface area (Å²) in [7, 11) is 0. The maximum absolute atomic E-state index is 12.7. The number of fused-ring (bicyclic) bond motifs is 1. The number of halogens is 2. The molecule has 0 aliphatic rings. The number of aromatic nitrogens is 3. The number of aryl methyl sites for hydroxylation is 1. The monoisotopic (exact) mass is 396 g/mol. The first-order chi connectivity index (χ1) is 13.0. The Morgan fingerprint density at radius 1 is 1.07 bits per heavy atom. The van der Waals surface area contributed by atoms with Gasteiger partial charge in [0.2, 0.25) is 0 Å². The van der Waals surface area contributed by atoms with Crippen molar-refractivity contribution in [3.63, 3.8) is 0 Å². The Morgan fingerprint density at radius 2 is 1.85 bits per heavy atom. The third-order valence-corrected chi connectivity index (χ3v) is 4.76. The second-order valence-corrected chi connectivity index (χ2v) is 6.80. The van der Waals surface area contributed by atoms with Gasteiger partial charge in [0, 0.05) is 16.9 Å². The van der Waals surface area contributed by atoms with Crippen LogP contribution in [0.25, 0.3) is 16.7 Å². The van der Waals surface area contributed by atoms with Crippen molar-refractivity contribution in [2.24, 2.45) is 0 Å². The van der Waals surface area contributed by atoms with Crippen LogP contribution in [0.1, 0.15) is 16.1 Å². The number of para-hydroxylation sites is 1. The van der Waals surface area contributed by atoms with E-state index in [1.165, 1.54) is 6.20 Å². The Kier molecular flexibility index (Phi) is 4.56. The lowest BCUT2D eigenvalue weighted by Crippen LogP contribution is -2.13. The maximum Gasteiger partial charge on any atom is 0.258 e. The lowest BCUT2D eigenvalue weighted by molar-refractivity contribution is 0.102. The van der Waals surface area contributed by atoms with Crippen LogP contribution < -0.4 is 5.32 Å². The van der Waals surface area contributed by atoms with Crippen molar-refractivity contribution >= 4 is 45.8 Å². The molecule has 0 saturated carbocycles. The number of carbonyl (C=O) groups is 1. The SMILES string of the molecule is Cc1nn(-c2ccccc2)c2ncc(C(=O)Nc3cccc(Cl)c3)c(Cl)c12. The smallest absolute Gasteiger partial charge is 0.258 e. The fourth-order valence-corrected chi connectivity index (χ4v) is 3.43. The summed E-state index contributed by atoms with van der Waals surface area (Å²) in [5.74, 6) is -0.358. The summed E-state index contributed by atoms with van der Waals surface area (Å²) in [6.07, 6.45) is 1.46. The molecule has 5 nitrogen and oxygen atoms in total. The average molecular weight is 397 g/mol. The first-order valence-electron chi connectivity index (χ1n) is 8.21. The fraction of sp³-hybridized carbons (Fsp3) is 0.0500. The van der Waals surface area contributed by atoms with E-state index in [1.807, 2.05) is 37.3 Å². The van der Waals surface area contributed by atoms with Crippen LogP contribution in [0.4, 0.5) is 5.69 Å². The largest absolute Gasteiger partial charge is 0.322 e. The van der Waals surface area contributed by atoms with Crippen LogP contribution in [0.2, 0.25) is 10.0 Å². The van der Waals surface area contributed by atoms with Gasteiger partial charge in [-0.15, -0.1) is 0 Å². The molecule has 2 aromatic carbocycles. The van der Waals surface area contributed by atoms with Gasteiger partial charge in [-0.3, -0.25) is 4.79 Å². The summed E-state index contributed by atoms with van der Waals surface area (Å²) in [6.45, 7) is 1.84. The summed E-state index contributed by atoms with van der Waals surface area (Å²) in [6, 6.07) is 16.6. The number of hydrogen-bond donors (Lipinski definition) is 1. The molecule has 0 unspecified atom stereocenters. The minimum atomic E-state index is -0.358. The Labute approximate surface area is 165 Å². The zero-order valence-corrected chi connectivity index (χ0v) is 15.8. The van der Waals surface area contributed by atoms with Crippen molar-refractivity contribution in [3.8, 4) is 5.69 Å². The third-order valence-electron chi connectivity index (χ3n) is 4.14. The zero-order chi connectivity index (χ0) is 19.0. The molecule has 0 spiro atoms. The lowest BCUT2D eigenvalue weighted by atomic mass is 10.2. The number of anilines is 1. The molecular weight excluding hydrogens is 383 g/mol. The highest BCUT2D eigenvalue weighted by Crippen LogP contribution is 2.30. The van der Waals surface area contributed by atoms with Crippen LogP contribution in [0.5, 0.6) is 0 Å². The van der Waals surface area contributed by atoms with Crippen LogP contribution in [-0.4, -0.2) is 20.7 Å². The summed E-state index contributed by atoms with van der Waals surface area (Å²) in [5, 5.41) is 8.83. The van der Waals surface area contributed by atoms with Crippen molar-refractivity contribution in [2.75, 3.05) is 5.32 Å². The topological polar surface area (TPSA) is 59.8 Å². The van der Waals surface area contributed by atoms with Gasteiger partial charge in [-0.2, -0.15) is 5.10 Å². The molecule has 2 aromatic heterocycles. The molecule has 0 saturated heterocycles. The number of nitrogens with one attached hydrogen (secondary N) is 1. The Balaban J connectivity index is 1.77. The Morgan fingerprint density at radius 3 is 2.59 bits per heavy atom. The minimum absolute atomic E-state index is 0.278. The van der Waals surface area contributed by atoms with E-state index in [2.05, 4.69) is 15.4 Å². The quantitative estimate of drug-likeness (QED) is 0.511. The standard InChI is InChI=1S/C20H14Cl2N4O/c1-12-17-18(22)16(20(27)24-14-7-5-6-13(21)10-14)11-23-19(17)26(25-12)15-8-3-2-4-9-15/h2-11H,1H3,(H,24,27). The molecule has 0 atom stereocenters. The summed E-state index contributed by atoms with van der Waals surface area (Å²) in [4.78, 5) is 17.1. The van der Waals surface area contributed by atoms with E-state index >= 15 is 0 Å². The van der Waals surface area contributed by atoms with Gasteiger partial charge in [-0.05, 0) is 37.3 Å². The first-order valence-corrected chi connectivity index (χ1v) is 8.96. The molecule has 1 amide bonds. The molecule has 7 heteroatoms. The van der Waals surface area contributed by atoms with E-state index < -0.39 is 0 Å². The molecule has 0 bridgehead atoms. The van der Waals surface area contributed by atoms with Gasteiger partial charge in [-0.1, -0.05) is 47.5 Å². The predicted molar refractivity (Wildman–Crippen MR) is 108 cm³/mol. The lowest BCUT2D eigenvalue weighted by Gasteiger charge is -2.08. The highest BCUT2D eigenvalue weighted by Gasteiger charge is 2.20. The van der Waals surface area contributed by atoms with E-state index in [4.69, 9.17) is 23.2 Å². The van der Waals surface area contributed by atoms with Gasteiger partial charge in [0.1, 0.15) is 0 Å². The van der Waals surface area contributed by atoms with Crippen molar-refractivity contribution in [1.82, 2.24) is 14.8 Å². The molecule has 27 heavy (non-hydrogen) atoms. The highest BCUT2D eigenvalue weighted by molar-refractivity contribution is 6.39. The fourth-order valence-electron chi connectivity index (χ4n) is 2.88. The van der Waals surface area contributed by atoms with Gasteiger partial charge in [-0.25, -0.2) is 9.67 Å².